The average molecular weight is 279 g/mol. The molecule has 0 radical (unpaired) electrons. The van der Waals surface area contributed by atoms with Crippen LogP contribution in [0.15, 0.2) is 18.2 Å². The van der Waals surface area contributed by atoms with Crippen LogP contribution in [0, 0.1) is 6.92 Å². The maximum atomic E-state index is 5.91. The molecule has 0 bridgehead atoms. The van der Waals surface area contributed by atoms with Gasteiger partial charge in [0.15, 0.2) is 0 Å². The lowest BCUT2D eigenvalue weighted by Crippen LogP contribution is -2.33. The number of ether oxygens (including phenoxy) is 1. The van der Waals surface area contributed by atoms with Crippen LogP contribution in [0.3, 0.4) is 0 Å². The molecule has 0 spiro atoms. The van der Waals surface area contributed by atoms with Gasteiger partial charge >= 0.3 is 0 Å². The minimum atomic E-state index is 0.399. The molecule has 3 rings (SSSR count). The van der Waals surface area contributed by atoms with Crippen molar-refractivity contribution in [1.82, 2.24) is 9.55 Å². The highest BCUT2D eigenvalue weighted by molar-refractivity contribution is 6.17. The second-order valence-electron chi connectivity index (χ2n) is 5.31. The second kappa shape index (κ2) is 5.14. The van der Waals surface area contributed by atoms with Crippen LogP contribution in [0.25, 0.3) is 11.0 Å². The van der Waals surface area contributed by atoms with Crippen molar-refractivity contribution in [3.05, 3.63) is 29.6 Å². The van der Waals surface area contributed by atoms with E-state index in [0.717, 1.165) is 30.6 Å². The standard InChI is InChI=1S/C15H19ClN2O/c1-10-3-4-13-14(7-10)18(15(17-13)5-6-16)11-8-12(9-11)19-2/h3-4,7,11-12H,5-6,8-9H2,1-2H3. The molecular weight excluding hydrogens is 260 g/mol. The average Bonchev–Trinajstić information content (AvgIpc) is 2.67. The SMILES string of the molecule is COC1CC(n2c(CCCl)nc3ccc(C)cc32)C1. The van der Waals surface area contributed by atoms with Crippen LogP contribution < -0.4 is 0 Å². The van der Waals surface area contributed by atoms with Crippen LogP contribution in [0.2, 0.25) is 0 Å². The Labute approximate surface area is 118 Å². The Morgan fingerprint density at radius 3 is 2.89 bits per heavy atom. The van der Waals surface area contributed by atoms with E-state index < -0.39 is 0 Å². The molecule has 4 heteroatoms. The van der Waals surface area contributed by atoms with Crippen LogP contribution in [0.4, 0.5) is 0 Å². The van der Waals surface area contributed by atoms with Gasteiger partial charge in [0.2, 0.25) is 0 Å². The molecule has 0 amide bonds. The Balaban J connectivity index is 2.03. The van der Waals surface area contributed by atoms with E-state index in [1.807, 2.05) is 0 Å². The van der Waals surface area contributed by atoms with Gasteiger partial charge in [-0.1, -0.05) is 6.07 Å². The molecule has 0 aliphatic heterocycles. The summed E-state index contributed by atoms with van der Waals surface area (Å²) >= 11 is 5.91. The van der Waals surface area contributed by atoms with E-state index in [1.165, 1.54) is 11.1 Å². The number of hydrogen-bond acceptors (Lipinski definition) is 2. The molecule has 2 aromatic rings. The second-order valence-corrected chi connectivity index (χ2v) is 5.69. The van der Waals surface area contributed by atoms with Gasteiger partial charge in [-0.15, -0.1) is 11.6 Å². The number of aromatic nitrogens is 2. The Morgan fingerprint density at radius 2 is 2.21 bits per heavy atom. The zero-order valence-electron chi connectivity index (χ0n) is 11.4. The van der Waals surface area contributed by atoms with E-state index in [1.54, 1.807) is 7.11 Å². The Kier molecular flexibility index (Phi) is 3.50. The Hall–Kier alpha value is -1.06. The van der Waals surface area contributed by atoms with Gasteiger partial charge in [-0.05, 0) is 37.5 Å². The first-order valence-corrected chi connectivity index (χ1v) is 7.32. The topological polar surface area (TPSA) is 27.1 Å². The summed E-state index contributed by atoms with van der Waals surface area (Å²) in [4.78, 5) is 4.74. The lowest BCUT2D eigenvalue weighted by atomic mass is 9.88. The molecule has 1 aliphatic carbocycles. The van der Waals surface area contributed by atoms with E-state index in [9.17, 15) is 0 Å². The first-order valence-electron chi connectivity index (χ1n) is 6.79. The van der Waals surface area contributed by atoms with Crippen molar-refractivity contribution >= 4 is 22.6 Å². The molecule has 1 aliphatic rings. The minimum absolute atomic E-state index is 0.399. The molecule has 102 valence electrons. The van der Waals surface area contributed by atoms with Gasteiger partial charge in [-0.2, -0.15) is 0 Å². The zero-order valence-corrected chi connectivity index (χ0v) is 12.2. The molecule has 0 atom stereocenters. The van der Waals surface area contributed by atoms with Crippen molar-refractivity contribution < 1.29 is 4.74 Å². The first-order chi connectivity index (χ1) is 9.22. The Bertz CT molecular complexity index is 587. The number of aryl methyl sites for hydroxylation is 2. The third-order valence-electron chi connectivity index (χ3n) is 4.00. The molecule has 1 aromatic carbocycles. The van der Waals surface area contributed by atoms with Gasteiger partial charge in [0.1, 0.15) is 5.82 Å². The number of hydrogen-bond donors (Lipinski definition) is 0. The van der Waals surface area contributed by atoms with Gasteiger partial charge in [-0.3, -0.25) is 0 Å². The largest absolute Gasteiger partial charge is 0.381 e. The van der Waals surface area contributed by atoms with Crippen LogP contribution in [-0.2, 0) is 11.2 Å². The number of benzene rings is 1. The van der Waals surface area contributed by atoms with Crippen LogP contribution in [-0.4, -0.2) is 28.6 Å². The summed E-state index contributed by atoms with van der Waals surface area (Å²) in [5.41, 5.74) is 3.58. The van der Waals surface area contributed by atoms with Gasteiger partial charge in [0.05, 0.1) is 17.1 Å². The third-order valence-corrected chi connectivity index (χ3v) is 4.19. The van der Waals surface area contributed by atoms with Gasteiger partial charge < -0.3 is 9.30 Å². The predicted octanol–water partition coefficient (Wildman–Crippen LogP) is 3.48. The predicted molar refractivity (Wildman–Crippen MR) is 78.0 cm³/mol. The highest BCUT2D eigenvalue weighted by atomic mass is 35.5. The first kappa shape index (κ1) is 12.9. The van der Waals surface area contributed by atoms with E-state index in [2.05, 4.69) is 29.7 Å². The fourth-order valence-electron chi connectivity index (χ4n) is 2.86. The molecule has 1 heterocycles. The summed E-state index contributed by atoms with van der Waals surface area (Å²) < 4.78 is 7.77. The molecule has 0 saturated heterocycles. The number of rotatable bonds is 4. The van der Waals surface area contributed by atoms with Crippen molar-refractivity contribution in [3.8, 4) is 0 Å². The van der Waals surface area contributed by atoms with Gasteiger partial charge in [0, 0.05) is 25.5 Å². The molecule has 0 unspecified atom stereocenters. The molecule has 19 heavy (non-hydrogen) atoms. The summed E-state index contributed by atoms with van der Waals surface area (Å²) in [6, 6.07) is 6.95. The highest BCUT2D eigenvalue weighted by Gasteiger charge is 2.32. The lowest BCUT2D eigenvalue weighted by Gasteiger charge is -2.36. The summed E-state index contributed by atoms with van der Waals surface area (Å²) in [5.74, 6) is 1.72. The monoisotopic (exact) mass is 278 g/mol. The van der Waals surface area contributed by atoms with Gasteiger partial charge in [0.25, 0.3) is 0 Å². The number of alkyl halides is 1. The maximum absolute atomic E-state index is 5.91. The third kappa shape index (κ3) is 2.26. The minimum Gasteiger partial charge on any atom is -0.381 e. The van der Waals surface area contributed by atoms with Crippen LogP contribution in [0.5, 0.6) is 0 Å². The van der Waals surface area contributed by atoms with Crippen molar-refractivity contribution in [2.24, 2.45) is 0 Å². The van der Waals surface area contributed by atoms with Gasteiger partial charge in [-0.25, -0.2) is 4.98 Å². The smallest absolute Gasteiger partial charge is 0.111 e. The summed E-state index contributed by atoms with van der Waals surface area (Å²) in [7, 11) is 1.79. The molecule has 1 aromatic heterocycles. The summed E-state index contributed by atoms with van der Waals surface area (Å²) in [6.45, 7) is 2.12. The number of imidazole rings is 1. The number of fused-ring (bicyclic) bond motifs is 1. The van der Waals surface area contributed by atoms with Crippen molar-refractivity contribution in [1.29, 1.82) is 0 Å². The summed E-state index contributed by atoms with van der Waals surface area (Å²) in [6.07, 6.45) is 3.37. The molecular formula is C15H19ClN2O. The van der Waals surface area contributed by atoms with Crippen molar-refractivity contribution in [2.45, 2.75) is 38.3 Å². The molecule has 3 nitrogen and oxygen atoms in total. The Morgan fingerprint density at radius 1 is 1.42 bits per heavy atom. The van der Waals surface area contributed by atoms with Crippen molar-refractivity contribution in [2.75, 3.05) is 13.0 Å². The molecule has 1 saturated carbocycles. The van der Waals surface area contributed by atoms with Crippen LogP contribution >= 0.6 is 11.6 Å². The molecule has 0 N–H and O–H groups in total. The van der Waals surface area contributed by atoms with E-state index in [4.69, 9.17) is 21.3 Å². The van der Waals surface area contributed by atoms with E-state index in [0.29, 0.717) is 18.0 Å². The lowest BCUT2D eigenvalue weighted by molar-refractivity contribution is 0.00664. The number of halogens is 1. The summed E-state index contributed by atoms with van der Waals surface area (Å²) in [5, 5.41) is 0. The number of methoxy groups -OCH3 is 1. The van der Waals surface area contributed by atoms with E-state index >= 15 is 0 Å². The quantitative estimate of drug-likeness (QED) is 0.801. The number of nitrogens with zero attached hydrogens (tertiary/aromatic N) is 2. The highest BCUT2D eigenvalue weighted by Crippen LogP contribution is 2.37. The maximum Gasteiger partial charge on any atom is 0.111 e. The van der Waals surface area contributed by atoms with Crippen LogP contribution in [0.1, 0.15) is 30.3 Å². The fraction of sp³-hybridized carbons (Fsp3) is 0.533. The molecule has 1 fully saturated rings. The van der Waals surface area contributed by atoms with E-state index in [-0.39, 0.29) is 0 Å². The normalized spacial score (nSPS) is 22.7. The van der Waals surface area contributed by atoms with Crippen molar-refractivity contribution in [3.63, 3.8) is 0 Å². The fourth-order valence-corrected chi connectivity index (χ4v) is 3.03. The zero-order chi connectivity index (χ0) is 13.4.